The van der Waals surface area contributed by atoms with Gasteiger partial charge in [-0.25, -0.2) is 0 Å². The fourth-order valence-corrected chi connectivity index (χ4v) is 3.84. The zero-order valence-corrected chi connectivity index (χ0v) is 16.5. The van der Waals surface area contributed by atoms with Crippen LogP contribution >= 0.6 is 0 Å². The Morgan fingerprint density at radius 1 is 0.821 bits per heavy atom. The molecule has 2 aliphatic rings. The quantitative estimate of drug-likeness (QED) is 0.832. The molecule has 0 aliphatic carbocycles. The molecule has 0 spiro atoms. The zero-order chi connectivity index (χ0) is 19.9. The van der Waals surface area contributed by atoms with Crippen LogP contribution in [0.15, 0.2) is 54.6 Å². The Balaban J connectivity index is 1.50. The van der Waals surface area contributed by atoms with Crippen LogP contribution < -0.4 is 0 Å². The van der Waals surface area contributed by atoms with Gasteiger partial charge in [-0.3, -0.25) is 0 Å². The number of fused-ring (bicyclic) bond motifs is 1. The van der Waals surface area contributed by atoms with E-state index < -0.39 is 36.8 Å². The Kier molecular flexibility index (Phi) is 5.29. The molecule has 0 saturated carbocycles. The van der Waals surface area contributed by atoms with E-state index >= 15 is 0 Å². The van der Waals surface area contributed by atoms with Crippen molar-refractivity contribution in [3.63, 3.8) is 0 Å². The lowest BCUT2D eigenvalue weighted by molar-refractivity contribution is -0.330. The molecule has 0 amide bonds. The second-order valence-corrected chi connectivity index (χ2v) is 8.62. The maximum atomic E-state index is 10.7. The minimum absolute atomic E-state index is 0.0483. The molecule has 0 aromatic heterocycles. The smallest absolute Gasteiger partial charge is 0.184 e. The number of aliphatic hydroxyl groups is 2. The van der Waals surface area contributed by atoms with Crippen LogP contribution in [0.25, 0.3) is 0 Å². The third kappa shape index (κ3) is 3.73. The average molecular weight is 384 g/mol. The molecular formula is C23H28O5. The first-order valence-electron chi connectivity index (χ1n) is 9.78. The van der Waals surface area contributed by atoms with Gasteiger partial charge in [-0.2, -0.15) is 0 Å². The van der Waals surface area contributed by atoms with E-state index in [1.54, 1.807) is 0 Å². The molecule has 2 fully saturated rings. The third-order valence-corrected chi connectivity index (χ3v) is 5.55. The Hall–Kier alpha value is -1.76. The molecule has 5 nitrogen and oxygen atoms in total. The van der Waals surface area contributed by atoms with E-state index in [1.165, 1.54) is 5.56 Å². The van der Waals surface area contributed by atoms with Crippen LogP contribution in [-0.4, -0.2) is 41.2 Å². The van der Waals surface area contributed by atoms with Gasteiger partial charge in [0.05, 0.1) is 6.61 Å². The van der Waals surface area contributed by atoms with E-state index in [4.69, 9.17) is 14.2 Å². The van der Waals surface area contributed by atoms with Crippen molar-refractivity contribution in [2.24, 2.45) is 0 Å². The molecule has 150 valence electrons. The van der Waals surface area contributed by atoms with Crippen LogP contribution in [0.3, 0.4) is 0 Å². The van der Waals surface area contributed by atoms with E-state index in [2.05, 4.69) is 20.8 Å². The molecule has 6 atom stereocenters. The van der Waals surface area contributed by atoms with Crippen molar-refractivity contribution in [3.8, 4) is 0 Å². The van der Waals surface area contributed by atoms with Crippen LogP contribution in [0.4, 0.5) is 0 Å². The number of benzene rings is 2. The van der Waals surface area contributed by atoms with Gasteiger partial charge < -0.3 is 24.4 Å². The van der Waals surface area contributed by atoms with Gasteiger partial charge in [-0.15, -0.1) is 0 Å². The van der Waals surface area contributed by atoms with Crippen LogP contribution in [0.1, 0.15) is 49.9 Å². The van der Waals surface area contributed by atoms with Gasteiger partial charge in [0.25, 0.3) is 0 Å². The van der Waals surface area contributed by atoms with Gasteiger partial charge in [0.1, 0.15) is 30.5 Å². The largest absolute Gasteiger partial charge is 0.387 e. The minimum Gasteiger partial charge on any atom is -0.387 e. The summed E-state index contributed by atoms with van der Waals surface area (Å²) in [6.07, 6.45) is -4.40. The first-order chi connectivity index (χ1) is 13.3. The fraction of sp³-hybridized carbons (Fsp3) is 0.478. The van der Waals surface area contributed by atoms with Crippen molar-refractivity contribution in [2.75, 3.05) is 6.61 Å². The summed E-state index contributed by atoms with van der Waals surface area (Å²) in [4.78, 5) is 0. The highest BCUT2D eigenvalue weighted by Crippen LogP contribution is 2.39. The fourth-order valence-electron chi connectivity index (χ4n) is 3.84. The summed E-state index contributed by atoms with van der Waals surface area (Å²) < 4.78 is 17.9. The SMILES string of the molecule is CC(C)(C)c1ccc([C@@H]2O[C@@H]3COC(c4ccccc4)O[C@H]3[C@H](O)[C@H]2O)cc1. The van der Waals surface area contributed by atoms with Crippen LogP contribution in [0.2, 0.25) is 0 Å². The molecule has 0 radical (unpaired) electrons. The summed E-state index contributed by atoms with van der Waals surface area (Å²) in [5, 5.41) is 21.5. The lowest BCUT2D eigenvalue weighted by Crippen LogP contribution is -2.59. The summed E-state index contributed by atoms with van der Waals surface area (Å²) in [6, 6.07) is 17.6. The van der Waals surface area contributed by atoms with Gasteiger partial charge in [0.15, 0.2) is 6.29 Å². The van der Waals surface area contributed by atoms with E-state index in [9.17, 15) is 10.2 Å². The molecule has 5 heteroatoms. The Morgan fingerprint density at radius 3 is 2.14 bits per heavy atom. The monoisotopic (exact) mass is 384 g/mol. The van der Waals surface area contributed by atoms with Crippen LogP contribution in [0.5, 0.6) is 0 Å². The number of rotatable bonds is 2. The highest BCUT2D eigenvalue weighted by molar-refractivity contribution is 5.30. The molecule has 2 aliphatic heterocycles. The first-order valence-corrected chi connectivity index (χ1v) is 9.78. The second kappa shape index (κ2) is 7.58. The molecule has 28 heavy (non-hydrogen) atoms. The molecule has 2 aromatic rings. The molecular weight excluding hydrogens is 356 g/mol. The van der Waals surface area contributed by atoms with Crippen molar-refractivity contribution < 1.29 is 24.4 Å². The summed E-state index contributed by atoms with van der Waals surface area (Å²) >= 11 is 0. The lowest BCUT2D eigenvalue weighted by atomic mass is 9.85. The lowest BCUT2D eigenvalue weighted by Gasteiger charge is -2.46. The van der Waals surface area contributed by atoms with Gasteiger partial charge in [0, 0.05) is 5.56 Å². The molecule has 2 saturated heterocycles. The van der Waals surface area contributed by atoms with Crippen molar-refractivity contribution in [3.05, 3.63) is 71.3 Å². The number of ether oxygens (including phenoxy) is 3. The van der Waals surface area contributed by atoms with Crippen molar-refractivity contribution in [1.29, 1.82) is 0 Å². The maximum Gasteiger partial charge on any atom is 0.184 e. The molecule has 4 rings (SSSR count). The van der Waals surface area contributed by atoms with Gasteiger partial charge in [0.2, 0.25) is 0 Å². The number of hydrogen-bond donors (Lipinski definition) is 2. The molecule has 1 unspecified atom stereocenters. The van der Waals surface area contributed by atoms with Gasteiger partial charge >= 0.3 is 0 Å². The van der Waals surface area contributed by atoms with Crippen LogP contribution in [0, 0.1) is 0 Å². The Morgan fingerprint density at radius 2 is 1.50 bits per heavy atom. The Bertz CT molecular complexity index is 781. The van der Waals surface area contributed by atoms with E-state index in [1.807, 2.05) is 54.6 Å². The summed E-state index contributed by atoms with van der Waals surface area (Å²) in [5.74, 6) is 0. The predicted molar refractivity (Wildman–Crippen MR) is 105 cm³/mol. The van der Waals surface area contributed by atoms with E-state index in [-0.39, 0.29) is 5.41 Å². The standard InChI is InChI=1S/C23H28O5/c1-23(2,3)16-11-9-14(10-12-16)20-18(24)19(25)21-17(27-20)13-26-22(28-21)15-7-5-4-6-8-15/h4-12,17-22,24-25H,13H2,1-3H3/t17-,18-,19-,20+,21-,22?/m1/s1. The average Bonchev–Trinajstić information content (AvgIpc) is 2.70. The van der Waals surface area contributed by atoms with E-state index in [0.717, 1.165) is 11.1 Å². The number of hydrogen-bond acceptors (Lipinski definition) is 5. The van der Waals surface area contributed by atoms with Crippen molar-refractivity contribution in [2.45, 2.75) is 63.0 Å². The maximum absolute atomic E-state index is 10.7. The van der Waals surface area contributed by atoms with Crippen LogP contribution in [-0.2, 0) is 19.6 Å². The Labute approximate surface area is 165 Å². The zero-order valence-electron chi connectivity index (χ0n) is 16.5. The number of aliphatic hydroxyl groups excluding tert-OH is 2. The molecule has 0 bridgehead atoms. The molecule has 2 aromatic carbocycles. The first kappa shape index (κ1) is 19.6. The molecule has 2 heterocycles. The topological polar surface area (TPSA) is 68.2 Å². The minimum atomic E-state index is -1.07. The summed E-state index contributed by atoms with van der Waals surface area (Å²) in [6.45, 7) is 6.76. The van der Waals surface area contributed by atoms with Gasteiger partial charge in [-0.1, -0.05) is 75.4 Å². The second-order valence-electron chi connectivity index (χ2n) is 8.62. The summed E-state index contributed by atoms with van der Waals surface area (Å²) in [5.41, 5.74) is 2.97. The molecule has 2 N–H and O–H groups in total. The highest BCUT2D eigenvalue weighted by Gasteiger charge is 2.49. The summed E-state index contributed by atoms with van der Waals surface area (Å²) in [7, 11) is 0. The van der Waals surface area contributed by atoms with Crippen molar-refractivity contribution >= 4 is 0 Å². The van der Waals surface area contributed by atoms with Gasteiger partial charge in [-0.05, 0) is 16.5 Å². The third-order valence-electron chi connectivity index (χ3n) is 5.55. The van der Waals surface area contributed by atoms with E-state index in [0.29, 0.717) is 6.61 Å². The highest BCUT2D eigenvalue weighted by atomic mass is 16.7. The predicted octanol–water partition coefficient (Wildman–Crippen LogP) is 3.26. The normalized spacial score (nSPS) is 33.3. The van der Waals surface area contributed by atoms with Crippen molar-refractivity contribution in [1.82, 2.24) is 0 Å².